The van der Waals surface area contributed by atoms with E-state index in [1.165, 1.54) is 12.3 Å². The lowest BCUT2D eigenvalue weighted by molar-refractivity contribution is 0.103. The summed E-state index contributed by atoms with van der Waals surface area (Å²) in [7, 11) is 0. The van der Waals surface area contributed by atoms with Crippen LogP contribution < -0.4 is 5.73 Å². The van der Waals surface area contributed by atoms with Gasteiger partial charge < -0.3 is 10.7 Å². The zero-order valence-electron chi connectivity index (χ0n) is 8.43. The highest BCUT2D eigenvalue weighted by Gasteiger charge is 2.18. The zero-order chi connectivity index (χ0) is 12.6. The van der Waals surface area contributed by atoms with Gasteiger partial charge in [0.25, 0.3) is 0 Å². The summed E-state index contributed by atoms with van der Waals surface area (Å²) in [6.45, 7) is 0. The molecule has 0 amide bonds. The van der Waals surface area contributed by atoms with E-state index in [4.69, 9.17) is 5.73 Å². The molecule has 0 aliphatic heterocycles. The number of nitrogens with two attached hydrogens (primary N) is 1. The van der Waals surface area contributed by atoms with Crippen molar-refractivity contribution in [1.29, 1.82) is 0 Å². The van der Waals surface area contributed by atoms with Crippen molar-refractivity contribution in [1.82, 2.24) is 4.98 Å². The molecule has 0 unspecified atom stereocenters. The van der Waals surface area contributed by atoms with Crippen LogP contribution in [0.3, 0.4) is 0 Å². The fourth-order valence-electron chi connectivity index (χ4n) is 1.40. The van der Waals surface area contributed by atoms with Gasteiger partial charge in [-0.1, -0.05) is 0 Å². The van der Waals surface area contributed by atoms with Crippen LogP contribution in [-0.2, 0) is 0 Å². The van der Waals surface area contributed by atoms with Crippen LogP contribution in [0.1, 0.15) is 15.9 Å². The van der Waals surface area contributed by atoms with Gasteiger partial charge >= 0.3 is 0 Å². The van der Waals surface area contributed by atoms with Crippen molar-refractivity contribution in [2.24, 2.45) is 0 Å². The molecule has 6 heteroatoms. The smallest absolute Gasteiger partial charge is 0.197 e. The summed E-state index contributed by atoms with van der Waals surface area (Å²) in [4.78, 5) is 14.6. The van der Waals surface area contributed by atoms with E-state index in [-0.39, 0.29) is 11.1 Å². The monoisotopic (exact) mass is 300 g/mol. The minimum absolute atomic E-state index is 0.254. The van der Waals surface area contributed by atoms with Gasteiger partial charge in [-0.15, -0.1) is 0 Å². The van der Waals surface area contributed by atoms with Gasteiger partial charge in [0.2, 0.25) is 0 Å². The Morgan fingerprint density at radius 2 is 2.06 bits per heavy atom. The van der Waals surface area contributed by atoms with Gasteiger partial charge in [-0.2, -0.15) is 0 Å². The maximum absolute atomic E-state index is 13.6. The molecule has 2 rings (SSSR count). The third-order valence-electron chi connectivity index (χ3n) is 2.28. The van der Waals surface area contributed by atoms with Crippen LogP contribution in [0.4, 0.5) is 14.5 Å². The fraction of sp³-hybridized carbons (Fsp3) is 0. The second-order valence-electron chi connectivity index (χ2n) is 3.39. The molecular weight excluding hydrogens is 294 g/mol. The molecular formula is C11H7BrF2N2O. The lowest BCUT2D eigenvalue weighted by Crippen LogP contribution is -2.07. The number of carbonyl (C=O) groups excluding carboxylic acids is 1. The number of aromatic amines is 1. The fourth-order valence-corrected chi connectivity index (χ4v) is 1.76. The van der Waals surface area contributed by atoms with Crippen LogP contribution in [0, 0.1) is 11.6 Å². The number of halogens is 3. The number of benzene rings is 1. The number of nitrogen functional groups attached to an aromatic ring is 1. The van der Waals surface area contributed by atoms with E-state index in [0.717, 1.165) is 12.1 Å². The third kappa shape index (κ3) is 2.08. The number of hydrogen-bond acceptors (Lipinski definition) is 2. The standard InChI is InChI=1S/C11H7BrF2N2O/c12-8-3-5(4-16-8)11(17)6-1-2-7(13)10(15)9(6)14/h1-4,16H,15H2. The van der Waals surface area contributed by atoms with Gasteiger partial charge in [0.05, 0.1) is 10.2 Å². The Bertz CT molecular complexity index is 595. The molecule has 0 atom stereocenters. The van der Waals surface area contributed by atoms with E-state index in [2.05, 4.69) is 20.9 Å². The van der Waals surface area contributed by atoms with Crippen molar-refractivity contribution in [3.63, 3.8) is 0 Å². The summed E-state index contributed by atoms with van der Waals surface area (Å²) >= 11 is 3.13. The zero-order valence-corrected chi connectivity index (χ0v) is 10.0. The van der Waals surface area contributed by atoms with Crippen LogP contribution in [0.25, 0.3) is 0 Å². The average molecular weight is 301 g/mol. The number of carbonyl (C=O) groups is 1. The van der Waals surface area contributed by atoms with Gasteiger partial charge in [0, 0.05) is 11.8 Å². The highest BCUT2D eigenvalue weighted by atomic mass is 79.9. The summed E-state index contributed by atoms with van der Waals surface area (Å²) in [5.74, 6) is -2.47. The summed E-state index contributed by atoms with van der Waals surface area (Å²) in [6.07, 6.45) is 1.42. The molecule has 1 aromatic carbocycles. The van der Waals surface area contributed by atoms with Crippen LogP contribution in [0.15, 0.2) is 29.0 Å². The van der Waals surface area contributed by atoms with Crippen molar-refractivity contribution >= 4 is 27.4 Å². The molecule has 3 nitrogen and oxygen atoms in total. The Balaban J connectivity index is 2.48. The highest BCUT2D eigenvalue weighted by molar-refractivity contribution is 9.10. The third-order valence-corrected chi connectivity index (χ3v) is 2.74. The Kier molecular flexibility index (Phi) is 2.97. The normalized spacial score (nSPS) is 10.5. The maximum Gasteiger partial charge on any atom is 0.197 e. The highest BCUT2D eigenvalue weighted by Crippen LogP contribution is 2.22. The van der Waals surface area contributed by atoms with Crippen molar-refractivity contribution in [3.05, 3.63) is 51.8 Å². The Morgan fingerprint density at radius 1 is 1.35 bits per heavy atom. The molecule has 0 saturated carbocycles. The number of rotatable bonds is 2. The van der Waals surface area contributed by atoms with Crippen molar-refractivity contribution in [3.8, 4) is 0 Å². The van der Waals surface area contributed by atoms with Crippen LogP contribution >= 0.6 is 15.9 Å². The first-order valence-corrected chi connectivity index (χ1v) is 5.42. The van der Waals surface area contributed by atoms with Crippen molar-refractivity contribution in [2.45, 2.75) is 0 Å². The SMILES string of the molecule is Nc1c(F)ccc(C(=O)c2c[nH]c(Br)c2)c1F. The molecule has 0 aliphatic carbocycles. The number of ketones is 1. The van der Waals surface area contributed by atoms with Gasteiger partial charge in [0.1, 0.15) is 11.5 Å². The Hall–Kier alpha value is -1.69. The second kappa shape index (κ2) is 4.29. The van der Waals surface area contributed by atoms with Crippen molar-refractivity contribution in [2.75, 3.05) is 5.73 Å². The predicted octanol–water partition coefficient (Wildman–Crippen LogP) is 2.87. The van der Waals surface area contributed by atoms with Gasteiger partial charge in [-0.25, -0.2) is 8.78 Å². The molecule has 0 aliphatic rings. The topological polar surface area (TPSA) is 58.9 Å². The van der Waals surface area contributed by atoms with Gasteiger partial charge in [-0.3, -0.25) is 4.79 Å². The van der Waals surface area contributed by atoms with Crippen molar-refractivity contribution < 1.29 is 13.6 Å². The van der Waals surface area contributed by atoms with E-state index in [0.29, 0.717) is 4.60 Å². The molecule has 0 bridgehead atoms. The molecule has 0 spiro atoms. The number of H-pyrrole nitrogens is 1. The van der Waals surface area contributed by atoms with Crippen LogP contribution in [-0.4, -0.2) is 10.8 Å². The number of nitrogens with one attached hydrogen (secondary N) is 1. The largest absolute Gasteiger partial charge is 0.394 e. The molecule has 17 heavy (non-hydrogen) atoms. The minimum atomic E-state index is -1.03. The maximum atomic E-state index is 13.6. The molecule has 0 fully saturated rings. The molecule has 2 aromatic rings. The summed E-state index contributed by atoms with van der Waals surface area (Å²) in [5.41, 5.74) is 4.55. The summed E-state index contributed by atoms with van der Waals surface area (Å²) in [6, 6.07) is 3.54. The Labute approximate surface area is 104 Å². The lowest BCUT2D eigenvalue weighted by Gasteiger charge is -2.04. The van der Waals surface area contributed by atoms with Gasteiger partial charge in [0.15, 0.2) is 11.6 Å². The van der Waals surface area contributed by atoms with E-state index in [1.807, 2.05) is 0 Å². The first kappa shape index (κ1) is 11.8. The lowest BCUT2D eigenvalue weighted by atomic mass is 10.0. The summed E-state index contributed by atoms with van der Waals surface area (Å²) < 4.78 is 27.1. The molecule has 1 aromatic heterocycles. The number of hydrogen-bond donors (Lipinski definition) is 2. The molecule has 3 N–H and O–H groups in total. The first-order valence-electron chi connectivity index (χ1n) is 4.63. The number of anilines is 1. The predicted molar refractivity (Wildman–Crippen MR) is 62.7 cm³/mol. The van der Waals surface area contributed by atoms with E-state index in [9.17, 15) is 13.6 Å². The Morgan fingerprint density at radius 3 is 2.65 bits per heavy atom. The van der Waals surface area contributed by atoms with E-state index >= 15 is 0 Å². The molecule has 0 saturated heterocycles. The van der Waals surface area contributed by atoms with E-state index < -0.39 is 23.1 Å². The quantitative estimate of drug-likeness (QED) is 0.662. The number of aromatic nitrogens is 1. The van der Waals surface area contributed by atoms with E-state index in [1.54, 1.807) is 0 Å². The summed E-state index contributed by atoms with van der Waals surface area (Å²) in [5, 5.41) is 0. The average Bonchev–Trinajstić information content (AvgIpc) is 2.72. The molecule has 1 heterocycles. The van der Waals surface area contributed by atoms with Crippen LogP contribution in [0.5, 0.6) is 0 Å². The van der Waals surface area contributed by atoms with Crippen LogP contribution in [0.2, 0.25) is 0 Å². The molecule has 88 valence electrons. The second-order valence-corrected chi connectivity index (χ2v) is 4.24. The first-order chi connectivity index (χ1) is 8.00. The minimum Gasteiger partial charge on any atom is -0.394 e. The van der Waals surface area contributed by atoms with Gasteiger partial charge in [-0.05, 0) is 34.1 Å². The molecule has 0 radical (unpaired) electrons.